The van der Waals surface area contributed by atoms with Crippen LogP contribution in [0.15, 0.2) is 60.7 Å². The molecule has 0 saturated heterocycles. The normalized spacial score (nSPS) is 12.4. The maximum absolute atomic E-state index is 13.2. The van der Waals surface area contributed by atoms with Gasteiger partial charge in [0.15, 0.2) is 0 Å². The molecule has 1 atom stereocenters. The lowest BCUT2D eigenvalue weighted by Crippen LogP contribution is -2.34. The third kappa shape index (κ3) is 4.68. The van der Waals surface area contributed by atoms with Crippen LogP contribution in [0.25, 0.3) is 10.2 Å². The highest BCUT2D eigenvalue weighted by atomic mass is 32.1. The number of fused-ring (bicyclic) bond motifs is 1. The zero-order valence-electron chi connectivity index (χ0n) is 17.8. The predicted molar refractivity (Wildman–Crippen MR) is 123 cm³/mol. The molecule has 2 aromatic heterocycles. The van der Waals surface area contributed by atoms with E-state index in [0.717, 1.165) is 27.0 Å². The van der Waals surface area contributed by atoms with Gasteiger partial charge < -0.3 is 10.2 Å². The van der Waals surface area contributed by atoms with Crippen LogP contribution in [0.3, 0.4) is 0 Å². The molecule has 0 aliphatic rings. The van der Waals surface area contributed by atoms with Gasteiger partial charge in [-0.2, -0.15) is 5.10 Å². The summed E-state index contributed by atoms with van der Waals surface area (Å²) in [5.74, 6) is -0.344. The smallest absolute Gasteiger partial charge is 0.261 e. The fourth-order valence-electron chi connectivity index (χ4n) is 3.64. The fraction of sp³-hybridized carbons (Fsp3) is 0.250. The molecule has 7 heteroatoms. The van der Waals surface area contributed by atoms with Crippen molar-refractivity contribution < 1.29 is 9.18 Å². The second-order valence-electron chi connectivity index (χ2n) is 7.80. The average Bonchev–Trinajstić information content (AvgIpc) is 3.32. The number of hydrogen-bond acceptors (Lipinski definition) is 4. The van der Waals surface area contributed by atoms with Crippen LogP contribution in [0.2, 0.25) is 0 Å². The number of hydrogen-bond donors (Lipinski definition) is 1. The van der Waals surface area contributed by atoms with Crippen molar-refractivity contribution in [3.63, 3.8) is 0 Å². The van der Waals surface area contributed by atoms with Crippen molar-refractivity contribution in [2.45, 2.75) is 19.5 Å². The van der Waals surface area contributed by atoms with Crippen LogP contribution in [0.4, 0.5) is 4.39 Å². The summed E-state index contributed by atoms with van der Waals surface area (Å²) in [6, 6.07) is 18.6. The highest BCUT2D eigenvalue weighted by Crippen LogP contribution is 2.29. The summed E-state index contributed by atoms with van der Waals surface area (Å²) < 4.78 is 15.1. The summed E-state index contributed by atoms with van der Waals surface area (Å²) in [5, 5.41) is 8.66. The van der Waals surface area contributed by atoms with Gasteiger partial charge in [-0.15, -0.1) is 11.3 Å². The first-order valence-corrected chi connectivity index (χ1v) is 10.9. The molecule has 0 bridgehead atoms. The maximum atomic E-state index is 13.2. The van der Waals surface area contributed by atoms with E-state index in [-0.39, 0.29) is 17.8 Å². The summed E-state index contributed by atoms with van der Waals surface area (Å²) in [7, 11) is 4.02. The van der Waals surface area contributed by atoms with E-state index in [2.05, 4.69) is 27.4 Å². The van der Waals surface area contributed by atoms with E-state index < -0.39 is 0 Å². The van der Waals surface area contributed by atoms with Crippen LogP contribution in [0, 0.1) is 12.7 Å². The van der Waals surface area contributed by atoms with E-state index in [9.17, 15) is 9.18 Å². The molecule has 0 spiro atoms. The lowest BCUT2D eigenvalue weighted by atomic mass is 10.1. The minimum Gasteiger partial charge on any atom is -0.349 e. The fourth-order valence-corrected chi connectivity index (χ4v) is 4.72. The first kappa shape index (κ1) is 21.2. The Morgan fingerprint density at radius 2 is 1.87 bits per heavy atom. The molecule has 2 aromatic carbocycles. The number of carbonyl (C=O) groups is 1. The summed E-state index contributed by atoms with van der Waals surface area (Å²) in [4.78, 5) is 16.6. The monoisotopic (exact) mass is 436 g/mol. The number of rotatable bonds is 7. The number of carbonyl (C=O) groups excluding carboxylic acids is 1. The molecular formula is C24H25FN4OS. The molecule has 1 amide bonds. The lowest BCUT2D eigenvalue weighted by Gasteiger charge is -2.25. The molecular weight excluding hydrogens is 411 g/mol. The Morgan fingerprint density at radius 1 is 1.16 bits per heavy atom. The van der Waals surface area contributed by atoms with Crippen molar-refractivity contribution in [2.24, 2.45) is 0 Å². The van der Waals surface area contributed by atoms with E-state index in [0.29, 0.717) is 18.0 Å². The van der Waals surface area contributed by atoms with Gasteiger partial charge in [-0.1, -0.05) is 42.5 Å². The van der Waals surface area contributed by atoms with Crippen LogP contribution in [-0.4, -0.2) is 41.2 Å². The second kappa shape index (κ2) is 8.99. The lowest BCUT2D eigenvalue weighted by molar-refractivity contribution is 0.0946. The summed E-state index contributed by atoms with van der Waals surface area (Å²) in [5.41, 5.74) is 3.00. The minimum absolute atomic E-state index is 0.0864. The van der Waals surface area contributed by atoms with E-state index in [1.54, 1.807) is 12.1 Å². The number of thiophene rings is 1. The predicted octanol–water partition coefficient (Wildman–Crippen LogP) is 4.63. The van der Waals surface area contributed by atoms with Crippen molar-refractivity contribution in [3.05, 3.63) is 88.2 Å². The molecule has 0 aliphatic heterocycles. The Kier molecular flexibility index (Phi) is 6.15. The summed E-state index contributed by atoms with van der Waals surface area (Å²) >= 11 is 1.43. The highest BCUT2D eigenvalue weighted by Gasteiger charge is 2.19. The molecule has 5 nitrogen and oxygen atoms in total. The highest BCUT2D eigenvalue weighted by molar-refractivity contribution is 7.20. The van der Waals surface area contributed by atoms with Crippen molar-refractivity contribution in [1.29, 1.82) is 0 Å². The van der Waals surface area contributed by atoms with Crippen LogP contribution < -0.4 is 5.32 Å². The number of benzene rings is 2. The minimum atomic E-state index is -0.257. The summed E-state index contributed by atoms with van der Waals surface area (Å²) in [6.07, 6.45) is 0. The van der Waals surface area contributed by atoms with Crippen molar-refractivity contribution in [2.75, 3.05) is 20.6 Å². The van der Waals surface area contributed by atoms with Crippen molar-refractivity contribution in [1.82, 2.24) is 20.0 Å². The second-order valence-corrected chi connectivity index (χ2v) is 8.83. The van der Waals surface area contributed by atoms with Crippen LogP contribution in [0.1, 0.15) is 32.5 Å². The molecule has 0 radical (unpaired) electrons. The van der Waals surface area contributed by atoms with E-state index in [1.165, 1.54) is 23.5 Å². The third-order valence-corrected chi connectivity index (χ3v) is 6.49. The Hall–Kier alpha value is -3.03. The molecule has 31 heavy (non-hydrogen) atoms. The number of likely N-dealkylation sites (N-methyl/N-ethyl adjacent to an activating group) is 1. The Labute approximate surface area is 185 Å². The quantitative estimate of drug-likeness (QED) is 0.460. The van der Waals surface area contributed by atoms with Gasteiger partial charge in [-0.25, -0.2) is 4.39 Å². The van der Waals surface area contributed by atoms with Gasteiger partial charge in [-0.3, -0.25) is 9.48 Å². The van der Waals surface area contributed by atoms with Gasteiger partial charge in [0, 0.05) is 11.9 Å². The SMILES string of the molecule is Cc1nn(Cc2ccc(F)cc2)c2sc(C(=O)NCC(c3ccccc3)N(C)C)cc12. The molecule has 4 rings (SSSR count). The molecule has 1 unspecified atom stereocenters. The summed E-state index contributed by atoms with van der Waals surface area (Å²) in [6.45, 7) is 2.99. The number of amides is 1. The van der Waals surface area contributed by atoms with E-state index in [4.69, 9.17) is 0 Å². The number of aryl methyl sites for hydroxylation is 1. The zero-order chi connectivity index (χ0) is 22.0. The molecule has 1 N–H and O–H groups in total. The van der Waals surface area contributed by atoms with Gasteiger partial charge in [0.2, 0.25) is 0 Å². The van der Waals surface area contributed by atoms with E-state index >= 15 is 0 Å². The first-order valence-electron chi connectivity index (χ1n) is 10.1. The van der Waals surface area contributed by atoms with Gasteiger partial charge in [-0.05, 0) is 50.3 Å². The zero-order valence-corrected chi connectivity index (χ0v) is 18.6. The van der Waals surface area contributed by atoms with Crippen molar-refractivity contribution in [3.8, 4) is 0 Å². The van der Waals surface area contributed by atoms with Gasteiger partial charge in [0.1, 0.15) is 10.6 Å². The number of halogens is 1. The molecule has 0 fully saturated rings. The average molecular weight is 437 g/mol. The van der Waals surface area contributed by atoms with Gasteiger partial charge in [0.05, 0.1) is 23.2 Å². The Morgan fingerprint density at radius 3 is 2.55 bits per heavy atom. The van der Waals surface area contributed by atoms with Gasteiger partial charge >= 0.3 is 0 Å². The maximum Gasteiger partial charge on any atom is 0.261 e. The first-order chi connectivity index (χ1) is 14.9. The third-order valence-electron chi connectivity index (χ3n) is 5.34. The molecule has 0 aliphatic carbocycles. The Bertz CT molecular complexity index is 1180. The molecule has 4 aromatic rings. The Balaban J connectivity index is 1.51. The van der Waals surface area contributed by atoms with Crippen LogP contribution >= 0.6 is 11.3 Å². The largest absolute Gasteiger partial charge is 0.349 e. The standard InChI is InChI=1S/C24H25FN4OS/c1-16-20-13-22(23(30)26-14-21(28(2)3)18-7-5-4-6-8-18)31-24(20)29(27-16)15-17-9-11-19(25)12-10-17/h4-13,21H,14-15H2,1-3H3,(H,26,30). The van der Waals surface area contributed by atoms with Crippen LogP contribution in [-0.2, 0) is 6.54 Å². The molecule has 160 valence electrons. The molecule has 2 heterocycles. The topological polar surface area (TPSA) is 50.2 Å². The number of nitrogens with one attached hydrogen (secondary N) is 1. The molecule has 0 saturated carbocycles. The van der Waals surface area contributed by atoms with Gasteiger partial charge in [0.25, 0.3) is 5.91 Å². The van der Waals surface area contributed by atoms with Crippen molar-refractivity contribution >= 4 is 27.5 Å². The van der Waals surface area contributed by atoms with Crippen LogP contribution in [0.5, 0.6) is 0 Å². The van der Waals surface area contributed by atoms with E-state index in [1.807, 2.05) is 50.0 Å². The number of aromatic nitrogens is 2. The number of nitrogens with zero attached hydrogens (tertiary/aromatic N) is 3.